The molecule has 2 N–H and O–H groups in total. The lowest BCUT2D eigenvalue weighted by Gasteiger charge is -2.13. The number of halogens is 1. The van der Waals surface area contributed by atoms with Crippen molar-refractivity contribution in [2.45, 2.75) is 39.7 Å². The van der Waals surface area contributed by atoms with Crippen LogP contribution in [0.2, 0.25) is 0 Å². The fraction of sp³-hybridized carbons (Fsp3) is 0.615. The maximum absolute atomic E-state index is 9.63. The van der Waals surface area contributed by atoms with Gasteiger partial charge in [0.15, 0.2) is 0 Å². The molecule has 4 heteroatoms. The molecule has 1 fully saturated rings. The minimum absolute atomic E-state index is 0. The highest BCUT2D eigenvalue weighted by atomic mass is 35.5. The fourth-order valence-electron chi connectivity index (χ4n) is 2.01. The molecule has 0 aliphatic heterocycles. The molecule has 3 nitrogen and oxygen atoms in total. The van der Waals surface area contributed by atoms with E-state index >= 15 is 0 Å². The van der Waals surface area contributed by atoms with Crippen molar-refractivity contribution in [1.29, 1.82) is 0 Å². The molecule has 17 heavy (non-hydrogen) atoms. The summed E-state index contributed by atoms with van der Waals surface area (Å²) in [7, 11) is 0. The molecule has 0 spiro atoms. The number of aromatic hydroxyl groups is 1. The van der Waals surface area contributed by atoms with Gasteiger partial charge in [0.25, 0.3) is 0 Å². The van der Waals surface area contributed by atoms with E-state index < -0.39 is 0 Å². The van der Waals surface area contributed by atoms with E-state index in [2.05, 4.69) is 17.2 Å². The highest BCUT2D eigenvalue weighted by Gasteiger charge is 2.39. The summed E-state index contributed by atoms with van der Waals surface area (Å²) in [4.78, 5) is 4.33. The highest BCUT2D eigenvalue weighted by Crippen LogP contribution is 2.47. The van der Waals surface area contributed by atoms with Crippen LogP contribution >= 0.6 is 12.4 Å². The van der Waals surface area contributed by atoms with Crippen LogP contribution < -0.4 is 5.32 Å². The Kier molecular flexibility index (Phi) is 4.78. The van der Waals surface area contributed by atoms with Gasteiger partial charge in [-0.3, -0.25) is 4.98 Å². The average molecular weight is 257 g/mol. The zero-order chi connectivity index (χ0) is 11.6. The van der Waals surface area contributed by atoms with Gasteiger partial charge in [-0.25, -0.2) is 0 Å². The van der Waals surface area contributed by atoms with E-state index in [0.717, 1.165) is 17.9 Å². The first-order valence-corrected chi connectivity index (χ1v) is 6.01. The Morgan fingerprint density at radius 1 is 1.41 bits per heavy atom. The quantitative estimate of drug-likeness (QED) is 0.852. The van der Waals surface area contributed by atoms with Gasteiger partial charge in [0, 0.05) is 18.8 Å². The summed E-state index contributed by atoms with van der Waals surface area (Å²) in [6.07, 6.45) is 3.92. The lowest BCUT2D eigenvalue weighted by Crippen LogP contribution is -2.23. The van der Waals surface area contributed by atoms with Gasteiger partial charge in [-0.15, -0.1) is 12.4 Å². The van der Waals surface area contributed by atoms with E-state index in [0.29, 0.717) is 17.7 Å². The van der Waals surface area contributed by atoms with Gasteiger partial charge in [-0.05, 0) is 43.7 Å². The Labute approximate surface area is 109 Å². The molecular formula is C13H21ClN2O. The number of aryl methyl sites for hydroxylation is 1. The van der Waals surface area contributed by atoms with Crippen LogP contribution in [0.5, 0.6) is 5.75 Å². The fourth-order valence-corrected chi connectivity index (χ4v) is 2.01. The normalized spacial score (nSPS) is 16.4. The first kappa shape index (κ1) is 14.3. The van der Waals surface area contributed by atoms with Gasteiger partial charge in [-0.2, -0.15) is 0 Å². The Morgan fingerprint density at radius 3 is 2.71 bits per heavy atom. The lowest BCUT2D eigenvalue weighted by atomic mass is 10.0. The topological polar surface area (TPSA) is 45.2 Å². The van der Waals surface area contributed by atoms with Crippen molar-refractivity contribution in [3.05, 3.63) is 23.5 Å². The molecule has 0 bridgehead atoms. The second kappa shape index (κ2) is 5.69. The van der Waals surface area contributed by atoms with E-state index in [-0.39, 0.29) is 12.4 Å². The van der Waals surface area contributed by atoms with E-state index in [1.165, 1.54) is 19.3 Å². The van der Waals surface area contributed by atoms with Crippen molar-refractivity contribution < 1.29 is 5.11 Å². The van der Waals surface area contributed by atoms with Crippen LogP contribution in [0.4, 0.5) is 0 Å². The maximum Gasteiger partial charge on any atom is 0.138 e. The van der Waals surface area contributed by atoms with Crippen molar-refractivity contribution in [2.24, 2.45) is 5.41 Å². The van der Waals surface area contributed by atoms with Gasteiger partial charge in [0.1, 0.15) is 5.75 Å². The van der Waals surface area contributed by atoms with Crippen LogP contribution in [0.1, 0.15) is 37.6 Å². The standard InChI is InChI=1S/C13H20N2O.ClH/c1-3-13(6-7-13)9-14-8-11-12(16)5-4-10(2)15-11;/h4-5,14,16H,3,6-9H2,1-2H3;1H. The third-order valence-electron chi connectivity index (χ3n) is 3.59. The second-order valence-corrected chi connectivity index (χ2v) is 4.88. The number of nitrogens with one attached hydrogen (secondary N) is 1. The first-order chi connectivity index (χ1) is 7.65. The number of pyridine rings is 1. The van der Waals surface area contributed by atoms with E-state index in [4.69, 9.17) is 0 Å². The minimum Gasteiger partial charge on any atom is -0.506 e. The van der Waals surface area contributed by atoms with Crippen LogP contribution in [-0.4, -0.2) is 16.6 Å². The van der Waals surface area contributed by atoms with Gasteiger partial charge in [0.2, 0.25) is 0 Å². The Bertz CT molecular complexity index is 378. The zero-order valence-corrected chi connectivity index (χ0v) is 11.3. The van der Waals surface area contributed by atoms with Crippen LogP contribution in [0.15, 0.2) is 12.1 Å². The van der Waals surface area contributed by atoms with Crippen LogP contribution in [0, 0.1) is 12.3 Å². The Hall–Kier alpha value is -0.800. The molecule has 96 valence electrons. The van der Waals surface area contributed by atoms with E-state index in [9.17, 15) is 5.11 Å². The Balaban J connectivity index is 0.00000144. The summed E-state index contributed by atoms with van der Waals surface area (Å²) in [5.74, 6) is 0.291. The van der Waals surface area contributed by atoms with Gasteiger partial charge < -0.3 is 10.4 Å². The minimum atomic E-state index is 0. The molecular weight excluding hydrogens is 236 g/mol. The molecule has 0 amide bonds. The molecule has 0 atom stereocenters. The summed E-state index contributed by atoms with van der Waals surface area (Å²) in [5, 5.41) is 13.0. The largest absolute Gasteiger partial charge is 0.506 e. The molecule has 1 aromatic rings. The van der Waals surface area contributed by atoms with Crippen molar-refractivity contribution in [3.8, 4) is 5.75 Å². The van der Waals surface area contributed by atoms with Crippen molar-refractivity contribution in [3.63, 3.8) is 0 Å². The zero-order valence-electron chi connectivity index (χ0n) is 10.5. The van der Waals surface area contributed by atoms with Gasteiger partial charge >= 0.3 is 0 Å². The number of hydrogen-bond acceptors (Lipinski definition) is 3. The lowest BCUT2D eigenvalue weighted by molar-refractivity contribution is 0.428. The van der Waals surface area contributed by atoms with Gasteiger partial charge in [-0.1, -0.05) is 6.92 Å². The molecule has 1 aliphatic carbocycles. The maximum atomic E-state index is 9.63. The van der Waals surface area contributed by atoms with Crippen molar-refractivity contribution in [2.75, 3.05) is 6.54 Å². The Morgan fingerprint density at radius 2 is 2.12 bits per heavy atom. The highest BCUT2D eigenvalue weighted by molar-refractivity contribution is 5.85. The second-order valence-electron chi connectivity index (χ2n) is 4.88. The third kappa shape index (κ3) is 3.58. The number of rotatable bonds is 5. The molecule has 1 heterocycles. The van der Waals surface area contributed by atoms with Crippen LogP contribution in [0.25, 0.3) is 0 Å². The van der Waals surface area contributed by atoms with Gasteiger partial charge in [0.05, 0.1) is 5.69 Å². The van der Waals surface area contributed by atoms with E-state index in [1.807, 2.05) is 13.0 Å². The predicted molar refractivity (Wildman–Crippen MR) is 71.6 cm³/mol. The van der Waals surface area contributed by atoms with E-state index in [1.54, 1.807) is 6.07 Å². The number of hydrogen-bond donors (Lipinski definition) is 2. The summed E-state index contributed by atoms with van der Waals surface area (Å²) < 4.78 is 0. The van der Waals surface area contributed by atoms with Crippen molar-refractivity contribution >= 4 is 12.4 Å². The summed E-state index contributed by atoms with van der Waals surface area (Å²) >= 11 is 0. The molecule has 1 aromatic heterocycles. The molecule has 2 rings (SSSR count). The molecule has 1 saturated carbocycles. The average Bonchev–Trinajstić information content (AvgIpc) is 3.04. The molecule has 0 unspecified atom stereocenters. The molecule has 0 saturated heterocycles. The summed E-state index contributed by atoms with van der Waals surface area (Å²) in [5.41, 5.74) is 2.25. The van der Waals surface area contributed by atoms with Crippen LogP contribution in [-0.2, 0) is 6.54 Å². The smallest absolute Gasteiger partial charge is 0.138 e. The summed E-state index contributed by atoms with van der Waals surface area (Å²) in [6.45, 7) is 5.89. The van der Waals surface area contributed by atoms with Crippen LogP contribution in [0.3, 0.4) is 0 Å². The summed E-state index contributed by atoms with van der Waals surface area (Å²) in [6, 6.07) is 3.54. The molecule has 0 aromatic carbocycles. The monoisotopic (exact) mass is 256 g/mol. The van der Waals surface area contributed by atoms with Crippen molar-refractivity contribution in [1.82, 2.24) is 10.3 Å². The third-order valence-corrected chi connectivity index (χ3v) is 3.59. The predicted octanol–water partition coefficient (Wildman–Crippen LogP) is 2.80. The molecule has 0 radical (unpaired) electrons. The number of nitrogens with zero attached hydrogens (tertiary/aromatic N) is 1. The number of aromatic nitrogens is 1. The first-order valence-electron chi connectivity index (χ1n) is 6.01. The SMILES string of the molecule is CCC1(CNCc2nc(C)ccc2O)CC1.Cl. The molecule has 1 aliphatic rings.